The Kier molecular flexibility index (Phi) is 5.63. The molecule has 0 radical (unpaired) electrons. The number of amidine groups is 1. The number of carbonyl (C=O) groups is 2. The maximum atomic E-state index is 12.1. The molecule has 1 aromatic carbocycles. The first-order valence-corrected chi connectivity index (χ1v) is 8.00. The zero-order valence-corrected chi connectivity index (χ0v) is 13.8. The average molecular weight is 339 g/mol. The van der Waals surface area contributed by atoms with Crippen LogP contribution in [0.25, 0.3) is 6.08 Å². The van der Waals surface area contributed by atoms with Gasteiger partial charge in [0.05, 0.1) is 12.4 Å². The van der Waals surface area contributed by atoms with Crippen molar-refractivity contribution >= 4 is 46.5 Å². The first-order chi connectivity index (χ1) is 10.5. The minimum absolute atomic E-state index is 0.124. The summed E-state index contributed by atoms with van der Waals surface area (Å²) in [6, 6.07) is 7.11. The van der Waals surface area contributed by atoms with Crippen LogP contribution in [0.2, 0.25) is 5.02 Å². The lowest BCUT2D eigenvalue weighted by Gasteiger charge is -2.10. The Morgan fingerprint density at radius 3 is 2.73 bits per heavy atom. The molecule has 0 saturated carbocycles. The van der Waals surface area contributed by atoms with E-state index in [4.69, 9.17) is 16.3 Å². The number of benzene rings is 1. The molecule has 0 unspecified atom stereocenters. The van der Waals surface area contributed by atoms with Crippen LogP contribution in [0.5, 0.6) is 0 Å². The van der Waals surface area contributed by atoms with Crippen LogP contribution in [0.4, 0.5) is 0 Å². The molecule has 2 rings (SSSR count). The lowest BCUT2D eigenvalue weighted by Crippen LogP contribution is -2.26. The molecule has 0 aliphatic carbocycles. The number of likely N-dealkylation sites (N-methyl/N-ethyl adjacent to an activating group) is 1. The van der Waals surface area contributed by atoms with Crippen LogP contribution in [0.1, 0.15) is 12.5 Å². The number of rotatable bonds is 4. The van der Waals surface area contributed by atoms with Crippen molar-refractivity contribution in [2.45, 2.75) is 6.92 Å². The van der Waals surface area contributed by atoms with Crippen molar-refractivity contribution < 1.29 is 14.3 Å². The largest absolute Gasteiger partial charge is 0.465 e. The zero-order chi connectivity index (χ0) is 16.1. The summed E-state index contributed by atoms with van der Waals surface area (Å²) >= 11 is 7.01. The minimum Gasteiger partial charge on any atom is -0.465 e. The number of halogens is 1. The van der Waals surface area contributed by atoms with E-state index in [-0.39, 0.29) is 17.6 Å². The molecule has 5 nitrogen and oxygen atoms in total. The lowest BCUT2D eigenvalue weighted by molar-refractivity contribution is -0.139. The zero-order valence-electron chi connectivity index (χ0n) is 12.2. The van der Waals surface area contributed by atoms with E-state index >= 15 is 0 Å². The molecule has 116 valence electrons. The van der Waals surface area contributed by atoms with Gasteiger partial charge in [0.1, 0.15) is 5.70 Å². The summed E-state index contributed by atoms with van der Waals surface area (Å²) < 4.78 is 4.85. The SMILES string of the molecule is CCOC(=O)CSC1=N/C(=C\c2ccc(Cl)cc2)C(=O)N1C. The monoisotopic (exact) mass is 338 g/mol. The Balaban J connectivity index is 2.11. The number of esters is 1. The number of nitrogens with zero attached hydrogens (tertiary/aromatic N) is 2. The second-order valence-electron chi connectivity index (χ2n) is 4.43. The first-order valence-electron chi connectivity index (χ1n) is 6.63. The van der Waals surface area contributed by atoms with Crippen LogP contribution in [0.15, 0.2) is 35.0 Å². The van der Waals surface area contributed by atoms with Gasteiger partial charge in [0.2, 0.25) is 0 Å². The Morgan fingerprint density at radius 2 is 2.09 bits per heavy atom. The van der Waals surface area contributed by atoms with E-state index < -0.39 is 0 Å². The van der Waals surface area contributed by atoms with Gasteiger partial charge < -0.3 is 4.74 Å². The average Bonchev–Trinajstić information content (AvgIpc) is 2.76. The van der Waals surface area contributed by atoms with E-state index in [0.717, 1.165) is 5.56 Å². The van der Waals surface area contributed by atoms with Gasteiger partial charge >= 0.3 is 5.97 Å². The summed E-state index contributed by atoms with van der Waals surface area (Å²) in [6.45, 7) is 2.08. The van der Waals surface area contributed by atoms with E-state index in [1.807, 2.05) is 12.1 Å². The molecule has 1 aliphatic rings. The molecule has 1 amide bonds. The molecular formula is C15H15ClN2O3S. The van der Waals surface area contributed by atoms with Crippen LogP contribution < -0.4 is 0 Å². The van der Waals surface area contributed by atoms with Crippen LogP contribution >= 0.6 is 23.4 Å². The number of aliphatic imine (C=N–C) groups is 1. The third-order valence-electron chi connectivity index (χ3n) is 2.82. The van der Waals surface area contributed by atoms with E-state index in [1.165, 1.54) is 16.7 Å². The molecule has 0 aromatic heterocycles. The Bertz CT molecular complexity index is 641. The highest BCUT2D eigenvalue weighted by Gasteiger charge is 2.27. The number of thioether (sulfide) groups is 1. The van der Waals surface area contributed by atoms with Crippen molar-refractivity contribution in [3.8, 4) is 0 Å². The van der Waals surface area contributed by atoms with Crippen molar-refractivity contribution in [2.75, 3.05) is 19.4 Å². The molecule has 0 spiro atoms. The summed E-state index contributed by atoms with van der Waals surface area (Å²) in [6.07, 6.45) is 1.69. The molecule has 0 saturated heterocycles. The van der Waals surface area contributed by atoms with Gasteiger partial charge in [-0.15, -0.1) is 0 Å². The maximum Gasteiger partial charge on any atom is 0.316 e. The van der Waals surface area contributed by atoms with Crippen LogP contribution in [-0.2, 0) is 14.3 Å². The van der Waals surface area contributed by atoms with Crippen molar-refractivity contribution in [1.29, 1.82) is 0 Å². The van der Waals surface area contributed by atoms with Crippen LogP contribution in [0.3, 0.4) is 0 Å². The summed E-state index contributed by atoms with van der Waals surface area (Å²) in [5.74, 6) is -0.411. The Morgan fingerprint density at radius 1 is 1.41 bits per heavy atom. The first kappa shape index (κ1) is 16.6. The van der Waals surface area contributed by atoms with Gasteiger partial charge in [-0.25, -0.2) is 4.99 Å². The van der Waals surface area contributed by atoms with Gasteiger partial charge in [-0.05, 0) is 30.7 Å². The number of carbonyl (C=O) groups excluding carboxylic acids is 2. The van der Waals surface area contributed by atoms with Gasteiger partial charge in [-0.3, -0.25) is 14.5 Å². The van der Waals surface area contributed by atoms with Crippen molar-refractivity contribution in [2.24, 2.45) is 4.99 Å². The molecule has 1 aromatic rings. The summed E-state index contributed by atoms with van der Waals surface area (Å²) in [5, 5.41) is 1.12. The Labute approximate surface area is 138 Å². The van der Waals surface area contributed by atoms with Crippen molar-refractivity contribution in [1.82, 2.24) is 4.90 Å². The van der Waals surface area contributed by atoms with Crippen LogP contribution in [0, 0.1) is 0 Å². The predicted octanol–water partition coefficient (Wildman–Crippen LogP) is 2.81. The van der Waals surface area contributed by atoms with Gasteiger partial charge in [-0.2, -0.15) is 0 Å². The van der Waals surface area contributed by atoms with Crippen molar-refractivity contribution in [3.05, 3.63) is 40.5 Å². The third-order valence-corrected chi connectivity index (χ3v) is 4.08. The molecule has 22 heavy (non-hydrogen) atoms. The topological polar surface area (TPSA) is 59.0 Å². The Hall–Kier alpha value is -1.79. The summed E-state index contributed by atoms with van der Waals surface area (Å²) in [5.41, 5.74) is 1.16. The number of hydrogen-bond donors (Lipinski definition) is 0. The number of hydrogen-bond acceptors (Lipinski definition) is 5. The van der Waals surface area contributed by atoms with Crippen LogP contribution in [-0.4, -0.2) is 41.4 Å². The molecule has 0 fully saturated rings. The normalized spacial score (nSPS) is 16.1. The van der Waals surface area contributed by atoms with Gasteiger partial charge in [0.15, 0.2) is 5.17 Å². The fourth-order valence-electron chi connectivity index (χ4n) is 1.75. The van der Waals surface area contributed by atoms with E-state index in [1.54, 1.807) is 32.2 Å². The van der Waals surface area contributed by atoms with Gasteiger partial charge in [-0.1, -0.05) is 35.5 Å². The smallest absolute Gasteiger partial charge is 0.316 e. The van der Waals surface area contributed by atoms with Gasteiger partial charge in [0, 0.05) is 12.1 Å². The second kappa shape index (κ2) is 7.47. The number of ether oxygens (including phenoxy) is 1. The lowest BCUT2D eigenvalue weighted by atomic mass is 10.2. The highest BCUT2D eigenvalue weighted by atomic mass is 35.5. The maximum absolute atomic E-state index is 12.1. The molecule has 1 aliphatic heterocycles. The predicted molar refractivity (Wildman–Crippen MR) is 88.7 cm³/mol. The van der Waals surface area contributed by atoms with E-state index in [2.05, 4.69) is 4.99 Å². The molecule has 0 bridgehead atoms. The summed E-state index contributed by atoms with van der Waals surface area (Å²) in [7, 11) is 1.63. The second-order valence-corrected chi connectivity index (χ2v) is 5.81. The highest BCUT2D eigenvalue weighted by Crippen LogP contribution is 2.23. The fraction of sp³-hybridized carbons (Fsp3) is 0.267. The fourth-order valence-corrected chi connectivity index (χ4v) is 2.65. The molecular weight excluding hydrogens is 324 g/mol. The summed E-state index contributed by atoms with van der Waals surface area (Å²) in [4.78, 5) is 29.2. The molecule has 0 N–H and O–H groups in total. The number of amides is 1. The highest BCUT2D eigenvalue weighted by molar-refractivity contribution is 8.14. The minimum atomic E-state index is -0.328. The van der Waals surface area contributed by atoms with Crippen molar-refractivity contribution in [3.63, 3.8) is 0 Å². The van der Waals surface area contributed by atoms with E-state index in [9.17, 15) is 9.59 Å². The van der Waals surface area contributed by atoms with E-state index in [0.29, 0.717) is 22.5 Å². The molecule has 1 heterocycles. The third kappa shape index (κ3) is 4.11. The standard InChI is InChI=1S/C15H15ClN2O3S/c1-3-21-13(19)9-22-15-17-12(14(20)18(15)2)8-10-4-6-11(16)7-5-10/h4-8H,3,9H2,1-2H3/b12-8-. The molecule has 0 atom stereocenters. The molecule has 7 heteroatoms. The quantitative estimate of drug-likeness (QED) is 0.625. The van der Waals surface area contributed by atoms with Gasteiger partial charge in [0.25, 0.3) is 5.91 Å².